The highest BCUT2D eigenvalue weighted by Crippen LogP contribution is 2.66. The standard InChI is InChI=1S/C52H45N5/c1-2-11-39-38-28-29-46-47(42-14-5-8-19-45(42)52(46)43-17-6-3-12-36(43)37-13-4-7-18-44(37)52)48(38)56(49(39)53)34-24-20-32(21-25-34)33-22-26-35(27-23-33)57-50-40(15-9-30-54-50)41-16-10-31-55-51(41)57/h3-4,6-10,12-13,15-29,36,43,54-55H,2,5,11,14,30-31,53H2,1H3. The first-order chi connectivity index (χ1) is 28.2. The second-order valence-corrected chi connectivity index (χ2v) is 16.4. The largest absolute Gasteiger partial charge is 0.385 e. The Morgan fingerprint density at radius 1 is 0.719 bits per heavy atom. The van der Waals surface area contributed by atoms with Gasteiger partial charge in [0, 0.05) is 63.9 Å². The normalized spacial score (nSPS) is 21.6. The molecule has 0 amide bonds. The summed E-state index contributed by atoms with van der Waals surface area (Å²) in [4.78, 5) is 0. The van der Waals surface area contributed by atoms with Gasteiger partial charge >= 0.3 is 0 Å². The van der Waals surface area contributed by atoms with E-state index >= 15 is 0 Å². The lowest BCUT2D eigenvalue weighted by molar-refractivity contribution is 0.462. The smallest absolute Gasteiger partial charge is 0.120 e. The number of rotatable bonds is 5. The number of fused-ring (bicyclic) bond motifs is 14. The van der Waals surface area contributed by atoms with E-state index in [4.69, 9.17) is 5.73 Å². The van der Waals surface area contributed by atoms with Crippen LogP contribution in [0.15, 0.2) is 139 Å². The summed E-state index contributed by atoms with van der Waals surface area (Å²) >= 11 is 0. The van der Waals surface area contributed by atoms with Gasteiger partial charge < -0.3 is 16.4 Å². The number of allylic oxidation sites excluding steroid dienone is 8. The maximum atomic E-state index is 7.32. The Bertz CT molecular complexity index is 2830. The SMILES string of the molecule is CCCc1c(N)n(-c2ccc(-c3ccc(-n4c5c(c6c4NCC=C6)C=CCN5)cc3)cc2)c2c3c(ccc12)C1(C2=C3CCC=C2)c2ccccc2C2C=CC=CC21. The fraction of sp³-hybridized carbons (Fsp3) is 0.192. The molecule has 278 valence electrons. The van der Waals surface area contributed by atoms with Crippen LogP contribution >= 0.6 is 0 Å². The average molecular weight is 740 g/mol. The summed E-state index contributed by atoms with van der Waals surface area (Å²) in [6.07, 6.45) is 27.3. The number of hydrogen-bond donors (Lipinski definition) is 3. The Kier molecular flexibility index (Phi) is 7.05. The van der Waals surface area contributed by atoms with E-state index in [2.05, 4.69) is 172 Å². The van der Waals surface area contributed by atoms with Gasteiger partial charge in [-0.15, -0.1) is 0 Å². The third-order valence-corrected chi connectivity index (χ3v) is 13.7. The first-order valence-electron chi connectivity index (χ1n) is 20.8. The molecule has 12 rings (SSSR count). The monoisotopic (exact) mass is 739 g/mol. The molecule has 5 heteroatoms. The molecule has 0 saturated carbocycles. The van der Waals surface area contributed by atoms with Gasteiger partial charge in [-0.3, -0.25) is 9.13 Å². The quantitative estimate of drug-likeness (QED) is 0.165. The van der Waals surface area contributed by atoms with Crippen LogP contribution in [0.1, 0.15) is 71.0 Å². The van der Waals surface area contributed by atoms with Crippen LogP contribution in [-0.2, 0) is 11.8 Å². The van der Waals surface area contributed by atoms with Crippen LogP contribution in [0, 0.1) is 5.92 Å². The first-order valence-corrected chi connectivity index (χ1v) is 20.8. The van der Waals surface area contributed by atoms with Crippen LogP contribution < -0.4 is 16.4 Å². The van der Waals surface area contributed by atoms with Crippen LogP contribution in [-0.4, -0.2) is 22.2 Å². The maximum Gasteiger partial charge on any atom is 0.120 e. The Morgan fingerprint density at radius 2 is 1.40 bits per heavy atom. The number of nitrogens with two attached hydrogens (primary N) is 1. The van der Waals surface area contributed by atoms with E-state index in [0.29, 0.717) is 11.8 Å². The zero-order valence-electron chi connectivity index (χ0n) is 32.2. The lowest BCUT2D eigenvalue weighted by Gasteiger charge is -2.37. The van der Waals surface area contributed by atoms with E-state index in [0.717, 1.165) is 67.6 Å². The molecule has 3 atom stereocenters. The molecule has 2 aromatic heterocycles. The summed E-state index contributed by atoms with van der Waals surface area (Å²) in [5, 5.41) is 8.53. The Morgan fingerprint density at radius 3 is 2.12 bits per heavy atom. The van der Waals surface area contributed by atoms with Gasteiger partial charge in [0.2, 0.25) is 0 Å². The van der Waals surface area contributed by atoms with Gasteiger partial charge in [-0.05, 0) is 82.5 Å². The second kappa shape index (κ2) is 12.3. The van der Waals surface area contributed by atoms with Crippen LogP contribution in [0.25, 0.3) is 51.1 Å². The summed E-state index contributed by atoms with van der Waals surface area (Å²) in [6, 6.07) is 32.2. The van der Waals surface area contributed by atoms with Crippen molar-refractivity contribution >= 4 is 46.1 Å². The van der Waals surface area contributed by atoms with Gasteiger partial charge in [0.25, 0.3) is 0 Å². The molecule has 4 aliphatic carbocycles. The van der Waals surface area contributed by atoms with Gasteiger partial charge in [-0.25, -0.2) is 0 Å². The molecule has 4 aromatic carbocycles. The predicted molar refractivity (Wildman–Crippen MR) is 239 cm³/mol. The minimum Gasteiger partial charge on any atom is -0.385 e. The molecule has 0 fully saturated rings. The molecule has 0 radical (unpaired) electrons. The van der Waals surface area contributed by atoms with Gasteiger partial charge in [0.1, 0.15) is 17.5 Å². The molecule has 4 N–H and O–H groups in total. The average Bonchev–Trinajstić information content (AvgIpc) is 3.96. The fourth-order valence-corrected chi connectivity index (χ4v) is 11.4. The molecule has 0 saturated heterocycles. The highest BCUT2D eigenvalue weighted by atomic mass is 15.2. The topological polar surface area (TPSA) is 59.9 Å². The van der Waals surface area contributed by atoms with Crippen molar-refractivity contribution in [3.8, 4) is 22.5 Å². The molecule has 4 heterocycles. The van der Waals surface area contributed by atoms with Crippen molar-refractivity contribution < 1.29 is 0 Å². The van der Waals surface area contributed by atoms with E-state index < -0.39 is 0 Å². The molecule has 5 nitrogen and oxygen atoms in total. The van der Waals surface area contributed by atoms with E-state index in [1.807, 2.05) is 0 Å². The number of nitrogens with one attached hydrogen (secondary N) is 2. The van der Waals surface area contributed by atoms with Crippen molar-refractivity contribution in [2.75, 3.05) is 29.5 Å². The summed E-state index contributed by atoms with van der Waals surface area (Å²) in [7, 11) is 0. The minimum atomic E-state index is -0.234. The molecule has 2 aliphatic heterocycles. The Hall–Kier alpha value is -6.46. The second-order valence-electron chi connectivity index (χ2n) is 16.4. The van der Waals surface area contributed by atoms with Crippen LogP contribution in [0.5, 0.6) is 0 Å². The number of nitrogen functional groups attached to an aromatic ring is 1. The minimum absolute atomic E-state index is 0.234. The Balaban J connectivity index is 0.994. The molecule has 1 spiro atoms. The number of hydrogen-bond acceptors (Lipinski definition) is 3. The lowest BCUT2D eigenvalue weighted by atomic mass is 9.64. The van der Waals surface area contributed by atoms with Gasteiger partial charge in [0.05, 0.1) is 10.9 Å². The van der Waals surface area contributed by atoms with Crippen molar-refractivity contribution in [2.24, 2.45) is 5.92 Å². The zero-order chi connectivity index (χ0) is 37.8. The molecule has 3 unspecified atom stereocenters. The molecule has 57 heavy (non-hydrogen) atoms. The Labute approximate surface area is 333 Å². The van der Waals surface area contributed by atoms with Crippen LogP contribution in [0.4, 0.5) is 17.5 Å². The first kappa shape index (κ1) is 32.8. The molecule has 6 aromatic rings. The molecule has 0 bridgehead atoms. The summed E-state index contributed by atoms with van der Waals surface area (Å²) < 4.78 is 4.72. The van der Waals surface area contributed by atoms with Crippen LogP contribution in [0.3, 0.4) is 0 Å². The summed E-state index contributed by atoms with van der Waals surface area (Å²) in [6.45, 7) is 3.92. The third kappa shape index (κ3) is 4.34. The van der Waals surface area contributed by atoms with E-state index in [1.54, 1.807) is 0 Å². The van der Waals surface area contributed by atoms with Crippen molar-refractivity contribution in [1.82, 2.24) is 9.13 Å². The van der Waals surface area contributed by atoms with Gasteiger partial charge in [0.15, 0.2) is 0 Å². The molecule has 6 aliphatic rings. The highest BCUT2D eigenvalue weighted by molar-refractivity contribution is 6.05. The van der Waals surface area contributed by atoms with Crippen LogP contribution in [0.2, 0.25) is 0 Å². The molecular weight excluding hydrogens is 695 g/mol. The number of aryl methyl sites for hydroxylation is 1. The number of nitrogens with zero attached hydrogens (tertiary/aromatic N) is 2. The van der Waals surface area contributed by atoms with Crippen molar-refractivity contribution in [3.05, 3.63) is 178 Å². The van der Waals surface area contributed by atoms with Crippen molar-refractivity contribution in [2.45, 2.75) is 43.9 Å². The third-order valence-electron chi connectivity index (χ3n) is 13.7. The van der Waals surface area contributed by atoms with Crippen molar-refractivity contribution in [1.29, 1.82) is 0 Å². The summed E-state index contributed by atoms with van der Waals surface area (Å²) in [5.41, 5.74) is 25.5. The zero-order valence-corrected chi connectivity index (χ0v) is 32.2. The predicted octanol–water partition coefficient (Wildman–Crippen LogP) is 11.7. The number of benzene rings is 4. The van der Waals surface area contributed by atoms with Gasteiger partial charge in [-0.1, -0.05) is 135 Å². The fourth-order valence-electron chi connectivity index (χ4n) is 11.4. The summed E-state index contributed by atoms with van der Waals surface area (Å²) in [5.74, 6) is 3.83. The maximum absolute atomic E-state index is 7.32. The lowest BCUT2D eigenvalue weighted by Crippen LogP contribution is -2.33. The van der Waals surface area contributed by atoms with E-state index in [1.165, 1.54) is 72.1 Å². The molecular formula is C52H45N5. The number of anilines is 3. The van der Waals surface area contributed by atoms with E-state index in [-0.39, 0.29) is 5.41 Å². The number of aromatic nitrogens is 2. The van der Waals surface area contributed by atoms with Gasteiger partial charge in [-0.2, -0.15) is 0 Å². The van der Waals surface area contributed by atoms with Crippen molar-refractivity contribution in [3.63, 3.8) is 0 Å². The van der Waals surface area contributed by atoms with E-state index in [9.17, 15) is 0 Å². The highest BCUT2D eigenvalue weighted by Gasteiger charge is 2.58.